The predicted molar refractivity (Wildman–Crippen MR) is 88.2 cm³/mol. The van der Waals surface area contributed by atoms with E-state index in [1.165, 1.54) is 29.8 Å². The Balaban J connectivity index is 2.40. The van der Waals surface area contributed by atoms with Crippen molar-refractivity contribution in [2.24, 2.45) is 5.41 Å². The van der Waals surface area contributed by atoms with Gasteiger partial charge >= 0.3 is 0 Å². The highest BCUT2D eigenvalue weighted by Crippen LogP contribution is 2.31. The van der Waals surface area contributed by atoms with Crippen LogP contribution in [0.15, 0.2) is 18.2 Å². The minimum Gasteiger partial charge on any atom is -0.369 e. The van der Waals surface area contributed by atoms with Gasteiger partial charge < -0.3 is 4.90 Å². The lowest BCUT2D eigenvalue weighted by atomic mass is 9.90. The molecule has 0 radical (unpaired) electrons. The van der Waals surface area contributed by atoms with E-state index in [1.807, 2.05) is 0 Å². The first-order chi connectivity index (χ1) is 9.44. The van der Waals surface area contributed by atoms with Gasteiger partial charge in [0, 0.05) is 29.3 Å². The Bertz CT molecular complexity index is 528. The molecule has 0 aromatic heterocycles. The summed E-state index contributed by atoms with van der Waals surface area (Å²) in [4.78, 5) is 2.51. The lowest BCUT2D eigenvalue weighted by Crippen LogP contribution is -2.35. The van der Waals surface area contributed by atoms with Crippen LogP contribution in [0.4, 0.5) is 5.69 Å². The van der Waals surface area contributed by atoms with Crippen molar-refractivity contribution in [1.29, 1.82) is 0 Å². The Labute approximate surface area is 124 Å². The van der Waals surface area contributed by atoms with E-state index in [0.29, 0.717) is 6.04 Å². The Morgan fingerprint density at radius 2 is 2.05 bits per heavy atom. The third-order valence-electron chi connectivity index (χ3n) is 4.33. The van der Waals surface area contributed by atoms with Crippen LogP contribution in [0.1, 0.15) is 58.6 Å². The quantitative estimate of drug-likeness (QED) is 0.707. The van der Waals surface area contributed by atoms with Crippen LogP contribution < -0.4 is 4.90 Å². The molecule has 0 aliphatic carbocycles. The molecule has 0 saturated carbocycles. The molecule has 1 aliphatic heterocycles. The van der Waals surface area contributed by atoms with Crippen LogP contribution in [0.5, 0.6) is 0 Å². The van der Waals surface area contributed by atoms with Crippen molar-refractivity contribution in [3.8, 4) is 11.8 Å². The first-order valence-corrected chi connectivity index (χ1v) is 7.86. The second kappa shape index (κ2) is 5.92. The van der Waals surface area contributed by atoms with Gasteiger partial charge in [-0.2, -0.15) is 0 Å². The molecule has 0 unspecified atom stereocenters. The van der Waals surface area contributed by atoms with Crippen LogP contribution in [-0.4, -0.2) is 12.6 Å². The second-order valence-corrected chi connectivity index (χ2v) is 6.68. The van der Waals surface area contributed by atoms with Gasteiger partial charge in [0.05, 0.1) is 0 Å². The average molecular weight is 269 g/mol. The Morgan fingerprint density at radius 1 is 1.30 bits per heavy atom. The highest BCUT2D eigenvalue weighted by atomic mass is 15.2. The van der Waals surface area contributed by atoms with E-state index in [0.717, 1.165) is 12.8 Å². The molecule has 2 rings (SSSR count). The van der Waals surface area contributed by atoms with Gasteiger partial charge in [-0.15, -0.1) is 0 Å². The number of hydrogen-bond acceptors (Lipinski definition) is 1. The third kappa shape index (κ3) is 3.18. The van der Waals surface area contributed by atoms with Crippen molar-refractivity contribution in [2.75, 3.05) is 11.4 Å². The standard InChI is InChI=1S/C19H27N/c1-6-19(4,5)13-12-16-9-7-11-18-17(16)10-8-14-20(18)15(2)3/h7,9,11,15H,6,8,10,14H2,1-5H3. The van der Waals surface area contributed by atoms with Gasteiger partial charge in [-0.25, -0.2) is 0 Å². The number of hydrogen-bond donors (Lipinski definition) is 0. The first-order valence-electron chi connectivity index (χ1n) is 7.86. The van der Waals surface area contributed by atoms with Crippen LogP contribution in [0, 0.1) is 17.3 Å². The molecule has 0 fully saturated rings. The molecule has 1 aromatic rings. The summed E-state index contributed by atoms with van der Waals surface area (Å²) in [6.07, 6.45) is 3.49. The van der Waals surface area contributed by atoms with E-state index in [9.17, 15) is 0 Å². The number of rotatable bonds is 2. The Hall–Kier alpha value is -1.42. The summed E-state index contributed by atoms with van der Waals surface area (Å²) in [7, 11) is 0. The molecular weight excluding hydrogens is 242 g/mol. The maximum absolute atomic E-state index is 3.45. The van der Waals surface area contributed by atoms with Gasteiger partial charge in [0.15, 0.2) is 0 Å². The number of nitrogens with zero attached hydrogens (tertiary/aromatic N) is 1. The van der Waals surface area contributed by atoms with Crippen molar-refractivity contribution in [2.45, 2.75) is 59.9 Å². The topological polar surface area (TPSA) is 3.24 Å². The van der Waals surface area contributed by atoms with E-state index in [2.05, 4.69) is 69.6 Å². The Morgan fingerprint density at radius 3 is 2.70 bits per heavy atom. The fourth-order valence-corrected chi connectivity index (χ4v) is 2.63. The van der Waals surface area contributed by atoms with E-state index in [-0.39, 0.29) is 5.41 Å². The van der Waals surface area contributed by atoms with Crippen LogP contribution in [0.25, 0.3) is 0 Å². The van der Waals surface area contributed by atoms with Crippen molar-refractivity contribution in [3.63, 3.8) is 0 Å². The van der Waals surface area contributed by atoms with Crippen molar-refractivity contribution in [3.05, 3.63) is 29.3 Å². The SMILES string of the molecule is CCC(C)(C)C#Cc1cccc2c1CCCN2C(C)C. The molecule has 1 aromatic carbocycles. The molecule has 0 amide bonds. The largest absolute Gasteiger partial charge is 0.369 e. The minimum atomic E-state index is 0.106. The number of fused-ring (bicyclic) bond motifs is 1. The summed E-state index contributed by atoms with van der Waals surface area (Å²) in [5.74, 6) is 6.90. The first kappa shape index (κ1) is 15.0. The van der Waals surface area contributed by atoms with Crippen molar-refractivity contribution >= 4 is 5.69 Å². The van der Waals surface area contributed by atoms with Crippen LogP contribution in [0.2, 0.25) is 0 Å². The summed E-state index contributed by atoms with van der Waals surface area (Å²) in [6, 6.07) is 7.15. The normalized spacial score (nSPS) is 14.8. The zero-order chi connectivity index (χ0) is 14.8. The number of anilines is 1. The van der Waals surface area contributed by atoms with Gasteiger partial charge in [0.2, 0.25) is 0 Å². The van der Waals surface area contributed by atoms with Gasteiger partial charge in [0.25, 0.3) is 0 Å². The lowest BCUT2D eigenvalue weighted by molar-refractivity contribution is 0.484. The highest BCUT2D eigenvalue weighted by molar-refractivity contribution is 5.62. The molecule has 1 nitrogen and oxygen atoms in total. The molecule has 0 atom stereocenters. The van der Waals surface area contributed by atoms with Crippen molar-refractivity contribution in [1.82, 2.24) is 0 Å². The molecule has 0 spiro atoms. The fourth-order valence-electron chi connectivity index (χ4n) is 2.63. The molecule has 0 saturated heterocycles. The van der Waals surface area contributed by atoms with E-state index in [1.54, 1.807) is 0 Å². The molecule has 1 aliphatic rings. The summed E-state index contributed by atoms with van der Waals surface area (Å²) >= 11 is 0. The molecule has 1 heteroatoms. The predicted octanol–water partition coefficient (Wildman–Crippen LogP) is 4.64. The number of benzene rings is 1. The second-order valence-electron chi connectivity index (χ2n) is 6.68. The van der Waals surface area contributed by atoms with Gasteiger partial charge in [0.1, 0.15) is 0 Å². The monoisotopic (exact) mass is 269 g/mol. The molecular formula is C19H27N. The maximum Gasteiger partial charge on any atom is 0.0413 e. The minimum absolute atomic E-state index is 0.106. The third-order valence-corrected chi connectivity index (χ3v) is 4.33. The van der Waals surface area contributed by atoms with E-state index < -0.39 is 0 Å². The summed E-state index contributed by atoms with van der Waals surface area (Å²) in [5.41, 5.74) is 4.18. The summed E-state index contributed by atoms with van der Waals surface area (Å²) in [5, 5.41) is 0. The van der Waals surface area contributed by atoms with Gasteiger partial charge in [-0.1, -0.05) is 24.8 Å². The molecule has 0 bridgehead atoms. The lowest BCUT2D eigenvalue weighted by Gasteiger charge is -2.35. The summed E-state index contributed by atoms with van der Waals surface area (Å²) in [6.45, 7) is 12.4. The highest BCUT2D eigenvalue weighted by Gasteiger charge is 2.20. The van der Waals surface area contributed by atoms with Crippen LogP contribution in [-0.2, 0) is 6.42 Å². The molecule has 108 valence electrons. The van der Waals surface area contributed by atoms with Crippen molar-refractivity contribution < 1.29 is 0 Å². The maximum atomic E-state index is 3.45. The van der Waals surface area contributed by atoms with Crippen LogP contribution >= 0.6 is 0 Å². The molecule has 1 heterocycles. The average Bonchev–Trinajstić information content (AvgIpc) is 2.44. The molecule has 0 N–H and O–H groups in total. The van der Waals surface area contributed by atoms with E-state index in [4.69, 9.17) is 0 Å². The van der Waals surface area contributed by atoms with Gasteiger partial charge in [-0.3, -0.25) is 0 Å². The van der Waals surface area contributed by atoms with Gasteiger partial charge in [-0.05, 0) is 64.7 Å². The van der Waals surface area contributed by atoms with Crippen LogP contribution in [0.3, 0.4) is 0 Å². The Kier molecular flexibility index (Phi) is 4.43. The zero-order valence-corrected chi connectivity index (χ0v) is 13.6. The zero-order valence-electron chi connectivity index (χ0n) is 13.6. The smallest absolute Gasteiger partial charge is 0.0413 e. The molecule has 20 heavy (non-hydrogen) atoms. The summed E-state index contributed by atoms with van der Waals surface area (Å²) < 4.78 is 0. The fraction of sp³-hybridized carbons (Fsp3) is 0.579. The van der Waals surface area contributed by atoms with E-state index >= 15 is 0 Å².